The Balaban J connectivity index is 2.31. The van der Waals surface area contributed by atoms with Crippen LogP contribution in [0.1, 0.15) is 49.9 Å². The summed E-state index contributed by atoms with van der Waals surface area (Å²) in [7, 11) is 0. The van der Waals surface area contributed by atoms with Crippen LogP contribution >= 0.6 is 0 Å². The molecule has 2 atom stereocenters. The number of ether oxygens (including phenoxy) is 1. The highest BCUT2D eigenvalue weighted by Crippen LogP contribution is 2.34. The quantitative estimate of drug-likeness (QED) is 0.860. The number of hydrogen-bond donors (Lipinski definition) is 2. The van der Waals surface area contributed by atoms with Crippen molar-refractivity contribution in [1.82, 2.24) is 5.32 Å². The normalized spacial score (nSPS) is 19.6. The third-order valence-corrected chi connectivity index (χ3v) is 3.32. The molecule has 0 aromatic heterocycles. The van der Waals surface area contributed by atoms with E-state index in [-0.39, 0.29) is 18.0 Å². The van der Waals surface area contributed by atoms with Gasteiger partial charge in [-0.2, -0.15) is 0 Å². The summed E-state index contributed by atoms with van der Waals surface area (Å²) in [5.41, 5.74) is 8.18. The van der Waals surface area contributed by atoms with Gasteiger partial charge in [-0.05, 0) is 24.1 Å². The summed E-state index contributed by atoms with van der Waals surface area (Å²) in [6, 6.07) is 6.09. The Morgan fingerprint density at radius 2 is 2.39 bits per heavy atom. The van der Waals surface area contributed by atoms with Crippen LogP contribution in [0.15, 0.2) is 18.2 Å². The van der Waals surface area contributed by atoms with Gasteiger partial charge in [-0.25, -0.2) is 0 Å². The Hall–Kier alpha value is -1.55. The lowest BCUT2D eigenvalue weighted by Crippen LogP contribution is -2.30. The first-order valence-corrected chi connectivity index (χ1v) is 6.41. The maximum atomic E-state index is 11.2. The molecule has 0 radical (unpaired) electrons. The Morgan fingerprint density at radius 3 is 3.06 bits per heavy atom. The molecule has 3 N–H and O–H groups in total. The van der Waals surface area contributed by atoms with E-state index in [2.05, 4.69) is 18.3 Å². The van der Waals surface area contributed by atoms with E-state index in [1.807, 2.05) is 12.1 Å². The summed E-state index contributed by atoms with van der Waals surface area (Å²) in [6.45, 7) is 4.24. The highest BCUT2D eigenvalue weighted by Gasteiger charge is 2.23. The van der Waals surface area contributed by atoms with E-state index < -0.39 is 0 Å². The predicted octanol–water partition coefficient (Wildman–Crippen LogP) is 2.06. The maximum absolute atomic E-state index is 11.2. The summed E-state index contributed by atoms with van der Waals surface area (Å²) in [5.74, 6) is 0.838. The minimum absolute atomic E-state index is 0.0157. The number of carbonyl (C=O) groups excluding carboxylic acids is 1. The van der Waals surface area contributed by atoms with E-state index in [1.165, 1.54) is 6.92 Å². The lowest BCUT2D eigenvalue weighted by Gasteiger charge is -2.27. The van der Waals surface area contributed by atoms with Gasteiger partial charge in [0.2, 0.25) is 5.91 Å². The maximum Gasteiger partial charge on any atom is 0.217 e. The first kappa shape index (κ1) is 12.9. The second-order valence-corrected chi connectivity index (χ2v) is 4.70. The molecule has 1 aromatic rings. The fourth-order valence-corrected chi connectivity index (χ4v) is 2.27. The van der Waals surface area contributed by atoms with E-state index in [0.717, 1.165) is 29.7 Å². The minimum atomic E-state index is -0.0157. The van der Waals surface area contributed by atoms with Crippen LogP contribution in [0.25, 0.3) is 0 Å². The molecule has 0 saturated heterocycles. The van der Waals surface area contributed by atoms with Crippen molar-refractivity contribution in [2.75, 3.05) is 6.61 Å². The molecule has 4 heteroatoms. The van der Waals surface area contributed by atoms with Crippen LogP contribution in [0.5, 0.6) is 5.75 Å². The lowest BCUT2D eigenvalue weighted by molar-refractivity contribution is -0.119. The molecule has 0 spiro atoms. The summed E-state index contributed by atoms with van der Waals surface area (Å²) in [5, 5.41) is 2.96. The van der Waals surface area contributed by atoms with Crippen molar-refractivity contribution < 1.29 is 9.53 Å². The van der Waals surface area contributed by atoms with Gasteiger partial charge in [-0.3, -0.25) is 4.79 Å². The summed E-state index contributed by atoms with van der Waals surface area (Å²) in [4.78, 5) is 11.2. The van der Waals surface area contributed by atoms with Crippen molar-refractivity contribution in [2.24, 2.45) is 5.73 Å². The van der Waals surface area contributed by atoms with Crippen LogP contribution < -0.4 is 15.8 Å². The van der Waals surface area contributed by atoms with Gasteiger partial charge in [0.15, 0.2) is 0 Å². The molecule has 0 aliphatic carbocycles. The first-order chi connectivity index (χ1) is 8.61. The van der Waals surface area contributed by atoms with Gasteiger partial charge >= 0.3 is 0 Å². The molecule has 0 saturated carbocycles. The van der Waals surface area contributed by atoms with E-state index >= 15 is 0 Å². The van der Waals surface area contributed by atoms with Gasteiger partial charge in [-0.15, -0.1) is 0 Å². The molecule has 1 aromatic carbocycles. The monoisotopic (exact) mass is 248 g/mol. The Bertz CT molecular complexity index is 445. The molecule has 1 heterocycles. The highest BCUT2D eigenvalue weighted by atomic mass is 16.5. The Labute approximate surface area is 108 Å². The molecule has 98 valence electrons. The molecular formula is C14H20N2O2. The average molecular weight is 248 g/mol. The third kappa shape index (κ3) is 2.64. The highest BCUT2D eigenvalue weighted by molar-refractivity contribution is 5.73. The number of hydrogen-bond acceptors (Lipinski definition) is 3. The summed E-state index contributed by atoms with van der Waals surface area (Å²) >= 11 is 0. The van der Waals surface area contributed by atoms with Crippen LogP contribution in [0.2, 0.25) is 0 Å². The summed E-state index contributed by atoms with van der Waals surface area (Å²) in [6.07, 6.45) is 1.70. The fraction of sp³-hybridized carbons (Fsp3) is 0.500. The number of rotatable bonds is 3. The van der Waals surface area contributed by atoms with Gasteiger partial charge in [0.05, 0.1) is 12.6 Å². The largest absolute Gasteiger partial charge is 0.493 e. The smallest absolute Gasteiger partial charge is 0.217 e. The van der Waals surface area contributed by atoms with Crippen LogP contribution in [0.3, 0.4) is 0 Å². The number of amides is 1. The van der Waals surface area contributed by atoms with E-state index in [0.29, 0.717) is 6.61 Å². The topological polar surface area (TPSA) is 64.3 Å². The summed E-state index contributed by atoms with van der Waals surface area (Å²) < 4.78 is 5.61. The number of fused-ring (bicyclic) bond motifs is 1. The van der Waals surface area contributed by atoms with Gasteiger partial charge in [-0.1, -0.05) is 13.0 Å². The zero-order valence-electron chi connectivity index (χ0n) is 10.9. The zero-order valence-corrected chi connectivity index (χ0v) is 10.9. The van der Waals surface area contributed by atoms with Crippen LogP contribution in [0, 0.1) is 0 Å². The predicted molar refractivity (Wildman–Crippen MR) is 70.3 cm³/mol. The fourth-order valence-electron chi connectivity index (χ4n) is 2.27. The molecule has 1 amide bonds. The van der Waals surface area contributed by atoms with Crippen molar-refractivity contribution in [1.29, 1.82) is 0 Å². The second-order valence-electron chi connectivity index (χ2n) is 4.70. The van der Waals surface area contributed by atoms with E-state index in [4.69, 9.17) is 10.5 Å². The number of benzene rings is 1. The molecule has 18 heavy (non-hydrogen) atoms. The molecule has 4 nitrogen and oxygen atoms in total. The molecule has 0 fully saturated rings. The molecule has 1 aliphatic rings. The average Bonchev–Trinajstić information content (AvgIpc) is 2.37. The van der Waals surface area contributed by atoms with Crippen LogP contribution in [0.4, 0.5) is 0 Å². The van der Waals surface area contributed by atoms with Gasteiger partial charge in [0.25, 0.3) is 0 Å². The third-order valence-electron chi connectivity index (χ3n) is 3.32. The van der Waals surface area contributed by atoms with Crippen molar-refractivity contribution in [3.63, 3.8) is 0 Å². The Kier molecular flexibility index (Phi) is 3.87. The molecule has 0 bridgehead atoms. The SMILES string of the molecule is CCC(N)c1ccc2c(c1)C(NC(C)=O)CCO2. The minimum Gasteiger partial charge on any atom is -0.493 e. The number of carbonyl (C=O) groups is 1. The Morgan fingerprint density at radius 1 is 1.61 bits per heavy atom. The molecule has 2 unspecified atom stereocenters. The lowest BCUT2D eigenvalue weighted by atomic mass is 9.95. The number of nitrogens with one attached hydrogen (secondary N) is 1. The van der Waals surface area contributed by atoms with Crippen molar-refractivity contribution in [2.45, 2.75) is 38.8 Å². The second kappa shape index (κ2) is 5.40. The van der Waals surface area contributed by atoms with Gasteiger partial charge in [0.1, 0.15) is 5.75 Å². The van der Waals surface area contributed by atoms with Gasteiger partial charge < -0.3 is 15.8 Å². The molecule has 1 aliphatic heterocycles. The molecular weight excluding hydrogens is 228 g/mol. The zero-order chi connectivity index (χ0) is 13.1. The molecule has 2 rings (SSSR count). The standard InChI is InChI=1S/C14H20N2O2/c1-3-12(15)10-4-5-14-11(8-10)13(6-7-18-14)16-9(2)17/h4-5,8,12-13H,3,6-7,15H2,1-2H3,(H,16,17). The van der Waals surface area contributed by atoms with Crippen molar-refractivity contribution in [3.8, 4) is 5.75 Å². The van der Waals surface area contributed by atoms with Crippen LogP contribution in [-0.2, 0) is 4.79 Å². The van der Waals surface area contributed by atoms with E-state index in [9.17, 15) is 4.79 Å². The first-order valence-electron chi connectivity index (χ1n) is 6.41. The van der Waals surface area contributed by atoms with Gasteiger partial charge in [0, 0.05) is 24.9 Å². The van der Waals surface area contributed by atoms with Crippen molar-refractivity contribution >= 4 is 5.91 Å². The number of nitrogens with two attached hydrogens (primary N) is 1. The van der Waals surface area contributed by atoms with Crippen molar-refractivity contribution in [3.05, 3.63) is 29.3 Å². The van der Waals surface area contributed by atoms with Crippen LogP contribution in [-0.4, -0.2) is 12.5 Å². The van der Waals surface area contributed by atoms with E-state index in [1.54, 1.807) is 0 Å².